The van der Waals surface area contributed by atoms with Gasteiger partial charge < -0.3 is 14.8 Å². The lowest BCUT2D eigenvalue weighted by Gasteiger charge is -2.34. The van der Waals surface area contributed by atoms with Crippen molar-refractivity contribution >= 4 is 34.1 Å². The van der Waals surface area contributed by atoms with E-state index in [0.717, 1.165) is 52.1 Å². The van der Waals surface area contributed by atoms with Gasteiger partial charge in [0, 0.05) is 34.9 Å². The van der Waals surface area contributed by atoms with E-state index < -0.39 is 0 Å². The molecule has 1 aliphatic carbocycles. The summed E-state index contributed by atoms with van der Waals surface area (Å²) in [5.74, 6) is 0. The van der Waals surface area contributed by atoms with Gasteiger partial charge in [0.1, 0.15) is 0 Å². The van der Waals surface area contributed by atoms with Crippen LogP contribution in [0.5, 0.6) is 0 Å². The zero-order valence-electron chi connectivity index (χ0n) is 19.3. The van der Waals surface area contributed by atoms with Gasteiger partial charge in [0.25, 0.3) is 0 Å². The number of urea groups is 1. The van der Waals surface area contributed by atoms with Crippen molar-refractivity contribution in [2.45, 2.75) is 51.2 Å². The summed E-state index contributed by atoms with van der Waals surface area (Å²) in [7, 11) is 0. The molecule has 5 rings (SSSR count). The van der Waals surface area contributed by atoms with Gasteiger partial charge >= 0.3 is 6.03 Å². The highest BCUT2D eigenvalue weighted by molar-refractivity contribution is 6.30. The number of hydrogen-bond acceptors (Lipinski definition) is 1. The summed E-state index contributed by atoms with van der Waals surface area (Å²) in [5.41, 5.74) is 3.13. The second-order valence-electron chi connectivity index (χ2n) is 9.13. The molecule has 1 N–H and O–H groups in total. The molecule has 1 heterocycles. The van der Waals surface area contributed by atoms with Crippen molar-refractivity contribution in [3.05, 3.63) is 101 Å². The number of nitrogens with one attached hydrogen (secondary N) is 1. The van der Waals surface area contributed by atoms with Crippen LogP contribution in [0.15, 0.2) is 85.1 Å². The lowest BCUT2D eigenvalue weighted by molar-refractivity contribution is 0.161. The summed E-state index contributed by atoms with van der Waals surface area (Å²) in [6, 6.07) is 26.6. The fourth-order valence-electron chi connectivity index (χ4n) is 5.03. The van der Waals surface area contributed by atoms with Gasteiger partial charge in [0.15, 0.2) is 0 Å². The van der Waals surface area contributed by atoms with Crippen molar-refractivity contribution in [3.8, 4) is 0 Å². The van der Waals surface area contributed by atoms with Crippen LogP contribution in [-0.2, 0) is 13.1 Å². The number of amides is 2. The van der Waals surface area contributed by atoms with E-state index in [1.165, 1.54) is 19.3 Å². The summed E-state index contributed by atoms with van der Waals surface area (Å²) in [6.07, 6.45) is 7.78. The molecule has 0 radical (unpaired) electrons. The second kappa shape index (κ2) is 10.4. The Kier molecular flexibility index (Phi) is 6.87. The first kappa shape index (κ1) is 22.5. The fraction of sp³-hybridized carbons (Fsp3) is 0.276. The lowest BCUT2D eigenvalue weighted by Crippen LogP contribution is -2.43. The molecular formula is C29H30ClN3O. The number of rotatable bonds is 6. The van der Waals surface area contributed by atoms with E-state index >= 15 is 0 Å². The van der Waals surface area contributed by atoms with Gasteiger partial charge in [-0.05, 0) is 54.1 Å². The number of benzene rings is 3. The first-order chi connectivity index (χ1) is 16.7. The van der Waals surface area contributed by atoms with Crippen molar-refractivity contribution in [2.24, 2.45) is 0 Å². The maximum absolute atomic E-state index is 13.7. The van der Waals surface area contributed by atoms with Crippen molar-refractivity contribution in [1.29, 1.82) is 0 Å². The normalized spacial score (nSPS) is 14.3. The topological polar surface area (TPSA) is 37.3 Å². The second-order valence-corrected chi connectivity index (χ2v) is 9.57. The summed E-state index contributed by atoms with van der Waals surface area (Å²) >= 11 is 6.20. The minimum absolute atomic E-state index is 0.0289. The maximum Gasteiger partial charge on any atom is 0.322 e. The third-order valence-electron chi connectivity index (χ3n) is 6.81. The molecule has 0 aliphatic heterocycles. The van der Waals surface area contributed by atoms with Gasteiger partial charge in [0.2, 0.25) is 0 Å². The molecule has 3 aromatic carbocycles. The minimum atomic E-state index is -0.0289. The molecule has 174 valence electrons. The summed E-state index contributed by atoms with van der Waals surface area (Å²) < 4.78 is 2.21. The van der Waals surface area contributed by atoms with Crippen LogP contribution in [0.1, 0.15) is 43.4 Å². The first-order valence-corrected chi connectivity index (χ1v) is 12.5. The molecule has 0 spiro atoms. The van der Waals surface area contributed by atoms with Crippen LogP contribution < -0.4 is 5.32 Å². The Balaban J connectivity index is 1.40. The van der Waals surface area contributed by atoms with E-state index in [4.69, 9.17) is 11.6 Å². The lowest BCUT2D eigenvalue weighted by atomic mass is 9.94. The molecule has 4 aromatic rings. The van der Waals surface area contributed by atoms with Crippen LogP contribution >= 0.6 is 11.6 Å². The van der Waals surface area contributed by atoms with E-state index in [0.29, 0.717) is 6.54 Å². The predicted molar refractivity (Wildman–Crippen MR) is 140 cm³/mol. The number of hydrogen-bond donors (Lipinski definition) is 1. The molecule has 2 amide bonds. The van der Waals surface area contributed by atoms with Gasteiger partial charge in [-0.15, -0.1) is 0 Å². The highest BCUT2D eigenvalue weighted by Gasteiger charge is 2.27. The van der Waals surface area contributed by atoms with Crippen LogP contribution in [0.3, 0.4) is 0 Å². The predicted octanol–water partition coefficient (Wildman–Crippen LogP) is 7.71. The van der Waals surface area contributed by atoms with Gasteiger partial charge in [-0.2, -0.15) is 0 Å². The smallest absolute Gasteiger partial charge is 0.322 e. The van der Waals surface area contributed by atoms with Gasteiger partial charge in [-0.25, -0.2) is 4.79 Å². The molecule has 1 aromatic heterocycles. The SMILES string of the molecule is O=C(Nc1cccc2ccccc12)N(Cc1cccn1Cc1cccc(Cl)c1)C1CCCCC1. The van der Waals surface area contributed by atoms with Crippen molar-refractivity contribution in [3.63, 3.8) is 0 Å². The Labute approximate surface area is 206 Å². The van der Waals surface area contributed by atoms with E-state index in [1.807, 2.05) is 47.4 Å². The van der Waals surface area contributed by atoms with Crippen LogP contribution in [0, 0.1) is 0 Å². The number of fused-ring (bicyclic) bond motifs is 1. The molecule has 4 nitrogen and oxygen atoms in total. The third kappa shape index (κ3) is 5.13. The van der Waals surface area contributed by atoms with Gasteiger partial charge in [-0.1, -0.05) is 79.4 Å². The molecule has 1 fully saturated rings. The number of halogens is 1. The van der Waals surface area contributed by atoms with E-state index in [2.05, 4.69) is 52.5 Å². The highest BCUT2D eigenvalue weighted by Crippen LogP contribution is 2.27. The van der Waals surface area contributed by atoms with Crippen LogP contribution in [-0.4, -0.2) is 21.5 Å². The minimum Gasteiger partial charge on any atom is -0.345 e. The number of anilines is 1. The van der Waals surface area contributed by atoms with Crippen molar-refractivity contribution < 1.29 is 4.79 Å². The Morgan fingerprint density at radius 1 is 0.941 bits per heavy atom. The fourth-order valence-corrected chi connectivity index (χ4v) is 5.25. The average Bonchev–Trinajstić information content (AvgIpc) is 3.29. The molecule has 0 bridgehead atoms. The molecule has 34 heavy (non-hydrogen) atoms. The van der Waals surface area contributed by atoms with Gasteiger partial charge in [-0.3, -0.25) is 0 Å². The van der Waals surface area contributed by atoms with Crippen molar-refractivity contribution in [2.75, 3.05) is 5.32 Å². The Morgan fingerprint density at radius 2 is 1.74 bits per heavy atom. The third-order valence-corrected chi connectivity index (χ3v) is 7.04. The first-order valence-electron chi connectivity index (χ1n) is 12.1. The molecule has 0 saturated heterocycles. The van der Waals surface area contributed by atoms with E-state index in [-0.39, 0.29) is 12.1 Å². The highest BCUT2D eigenvalue weighted by atomic mass is 35.5. The zero-order valence-corrected chi connectivity index (χ0v) is 20.0. The maximum atomic E-state index is 13.7. The number of carbonyl (C=O) groups excluding carboxylic acids is 1. The molecule has 1 aliphatic rings. The monoisotopic (exact) mass is 471 g/mol. The van der Waals surface area contributed by atoms with Crippen LogP contribution in [0.2, 0.25) is 5.02 Å². The van der Waals surface area contributed by atoms with Crippen molar-refractivity contribution in [1.82, 2.24) is 9.47 Å². The number of aromatic nitrogens is 1. The van der Waals surface area contributed by atoms with Gasteiger partial charge in [0.05, 0.1) is 12.2 Å². The molecule has 1 saturated carbocycles. The van der Waals surface area contributed by atoms with Crippen LogP contribution in [0.25, 0.3) is 10.8 Å². The largest absolute Gasteiger partial charge is 0.345 e. The Hall–Kier alpha value is -3.24. The zero-order chi connectivity index (χ0) is 23.3. The molecule has 0 atom stereocenters. The Bertz CT molecular complexity index is 1270. The number of carbonyl (C=O) groups is 1. The van der Waals surface area contributed by atoms with E-state index in [9.17, 15) is 4.79 Å². The molecule has 0 unspecified atom stereocenters. The molecular weight excluding hydrogens is 442 g/mol. The molecule has 5 heteroatoms. The summed E-state index contributed by atoms with van der Waals surface area (Å²) in [6.45, 7) is 1.31. The quantitative estimate of drug-likeness (QED) is 0.307. The summed E-state index contributed by atoms with van der Waals surface area (Å²) in [4.78, 5) is 15.7. The summed E-state index contributed by atoms with van der Waals surface area (Å²) in [5, 5.41) is 6.16. The average molecular weight is 472 g/mol. The number of nitrogens with zero attached hydrogens (tertiary/aromatic N) is 2. The standard InChI is InChI=1S/C29H30ClN3O/c30-24-12-6-9-22(19-24)20-32-18-8-15-26(32)21-33(25-13-2-1-3-14-25)29(34)31-28-17-7-11-23-10-4-5-16-27(23)28/h4-12,15-19,25H,1-3,13-14,20-21H2,(H,31,34). The van der Waals surface area contributed by atoms with Crippen LogP contribution in [0.4, 0.5) is 10.5 Å². The van der Waals surface area contributed by atoms with E-state index in [1.54, 1.807) is 0 Å². The Morgan fingerprint density at radius 3 is 2.59 bits per heavy atom.